The molecule has 28 heavy (non-hydrogen) atoms. The Balaban J connectivity index is 1.37. The maximum atomic E-state index is 12.3. The SMILES string of the molecule is CCOc1ccc(N2C[C@H](NC(=O)NCCC[NH+]3CCCCC3)CC2=O)cc1. The van der Waals surface area contributed by atoms with E-state index >= 15 is 0 Å². The van der Waals surface area contributed by atoms with E-state index in [0.717, 1.165) is 24.4 Å². The molecular formula is C21H33N4O3+. The Morgan fingerprint density at radius 1 is 1.21 bits per heavy atom. The van der Waals surface area contributed by atoms with Gasteiger partial charge in [0.1, 0.15) is 5.75 Å². The van der Waals surface area contributed by atoms with E-state index in [4.69, 9.17) is 4.74 Å². The summed E-state index contributed by atoms with van der Waals surface area (Å²) in [6.45, 7) is 7.37. The van der Waals surface area contributed by atoms with Gasteiger partial charge in [-0.05, 0) is 50.5 Å². The molecule has 0 saturated carbocycles. The lowest BCUT2D eigenvalue weighted by molar-refractivity contribution is -0.904. The summed E-state index contributed by atoms with van der Waals surface area (Å²) in [4.78, 5) is 27.9. The van der Waals surface area contributed by atoms with Crippen LogP contribution < -0.4 is 25.2 Å². The molecule has 3 N–H and O–H groups in total. The van der Waals surface area contributed by atoms with Crippen molar-refractivity contribution in [2.75, 3.05) is 44.2 Å². The number of carbonyl (C=O) groups is 2. The van der Waals surface area contributed by atoms with Gasteiger partial charge in [0.05, 0.1) is 32.3 Å². The number of quaternary nitrogens is 1. The molecule has 7 nitrogen and oxygen atoms in total. The standard InChI is InChI=1S/C21H32N4O3/c1-2-28-19-9-7-18(8-10-19)25-16-17(15-20(25)26)23-21(27)22-11-6-14-24-12-4-3-5-13-24/h7-10,17H,2-6,11-16H2,1H3,(H2,22,23,27)/p+1/t17-/m1/s1. The summed E-state index contributed by atoms with van der Waals surface area (Å²) in [7, 11) is 0. The van der Waals surface area contributed by atoms with Crippen molar-refractivity contribution in [2.45, 2.75) is 45.1 Å². The summed E-state index contributed by atoms with van der Waals surface area (Å²) in [5.74, 6) is 0.821. The molecule has 2 aliphatic heterocycles. The molecule has 1 aromatic carbocycles. The third-order valence-electron chi connectivity index (χ3n) is 5.47. The van der Waals surface area contributed by atoms with E-state index in [1.165, 1.54) is 32.4 Å². The van der Waals surface area contributed by atoms with Gasteiger partial charge in [0, 0.05) is 31.6 Å². The minimum Gasteiger partial charge on any atom is -0.494 e. The van der Waals surface area contributed by atoms with Crippen LogP contribution in [0.5, 0.6) is 5.75 Å². The molecule has 0 radical (unpaired) electrons. The van der Waals surface area contributed by atoms with Crippen molar-refractivity contribution in [1.82, 2.24) is 10.6 Å². The molecule has 2 saturated heterocycles. The first-order chi connectivity index (χ1) is 13.7. The molecule has 7 heteroatoms. The number of benzene rings is 1. The normalized spacial score (nSPS) is 20.2. The molecule has 0 aliphatic carbocycles. The lowest BCUT2D eigenvalue weighted by atomic mass is 10.1. The highest BCUT2D eigenvalue weighted by atomic mass is 16.5. The van der Waals surface area contributed by atoms with Crippen LogP contribution in [-0.2, 0) is 4.79 Å². The zero-order valence-corrected chi connectivity index (χ0v) is 16.8. The summed E-state index contributed by atoms with van der Waals surface area (Å²) in [5.41, 5.74) is 0.836. The molecule has 1 aromatic rings. The van der Waals surface area contributed by atoms with Crippen molar-refractivity contribution >= 4 is 17.6 Å². The van der Waals surface area contributed by atoms with Gasteiger partial charge in [-0.2, -0.15) is 0 Å². The number of hydrogen-bond acceptors (Lipinski definition) is 3. The van der Waals surface area contributed by atoms with E-state index in [0.29, 0.717) is 26.1 Å². The first kappa shape index (κ1) is 20.5. The molecule has 2 fully saturated rings. The molecule has 154 valence electrons. The summed E-state index contributed by atoms with van der Waals surface area (Å²) in [6, 6.07) is 7.16. The van der Waals surface area contributed by atoms with E-state index in [2.05, 4.69) is 10.6 Å². The Hall–Kier alpha value is -2.28. The lowest BCUT2D eigenvalue weighted by Crippen LogP contribution is -3.12. The molecular weight excluding hydrogens is 356 g/mol. The fraction of sp³-hybridized carbons (Fsp3) is 0.619. The van der Waals surface area contributed by atoms with Crippen molar-refractivity contribution in [3.05, 3.63) is 24.3 Å². The second kappa shape index (κ2) is 10.3. The second-order valence-corrected chi connectivity index (χ2v) is 7.65. The zero-order chi connectivity index (χ0) is 19.8. The van der Waals surface area contributed by atoms with E-state index in [1.54, 1.807) is 9.80 Å². The van der Waals surface area contributed by atoms with Crippen LogP contribution in [0.4, 0.5) is 10.5 Å². The van der Waals surface area contributed by atoms with Crippen LogP contribution in [0.2, 0.25) is 0 Å². The largest absolute Gasteiger partial charge is 0.494 e. The molecule has 3 rings (SSSR count). The Kier molecular flexibility index (Phi) is 7.54. The number of anilines is 1. The molecule has 3 amide bonds. The molecule has 0 spiro atoms. The molecule has 0 unspecified atom stereocenters. The van der Waals surface area contributed by atoms with Crippen LogP contribution in [-0.4, -0.2) is 57.3 Å². The Bertz CT molecular complexity index is 644. The molecule has 2 heterocycles. The van der Waals surface area contributed by atoms with Gasteiger partial charge in [-0.25, -0.2) is 4.79 Å². The van der Waals surface area contributed by atoms with Crippen molar-refractivity contribution in [2.24, 2.45) is 0 Å². The fourth-order valence-electron chi connectivity index (χ4n) is 4.02. The van der Waals surface area contributed by atoms with Gasteiger partial charge in [-0.3, -0.25) is 4.79 Å². The number of nitrogens with one attached hydrogen (secondary N) is 3. The van der Waals surface area contributed by atoms with Crippen molar-refractivity contribution < 1.29 is 19.2 Å². The van der Waals surface area contributed by atoms with Gasteiger partial charge in [0.15, 0.2) is 0 Å². The minimum atomic E-state index is -0.181. The maximum absolute atomic E-state index is 12.3. The Morgan fingerprint density at radius 3 is 2.68 bits per heavy atom. The second-order valence-electron chi connectivity index (χ2n) is 7.65. The maximum Gasteiger partial charge on any atom is 0.315 e. The number of rotatable bonds is 8. The van der Waals surface area contributed by atoms with E-state index in [9.17, 15) is 9.59 Å². The molecule has 0 bridgehead atoms. The van der Waals surface area contributed by atoms with Crippen LogP contribution in [0.3, 0.4) is 0 Å². The number of likely N-dealkylation sites (tertiary alicyclic amines) is 1. The van der Waals surface area contributed by atoms with Gasteiger partial charge in [0.2, 0.25) is 5.91 Å². The first-order valence-electron chi connectivity index (χ1n) is 10.6. The number of carbonyl (C=O) groups excluding carboxylic acids is 2. The third-order valence-corrected chi connectivity index (χ3v) is 5.47. The predicted molar refractivity (Wildman–Crippen MR) is 109 cm³/mol. The smallest absolute Gasteiger partial charge is 0.315 e. The highest BCUT2D eigenvalue weighted by Crippen LogP contribution is 2.24. The van der Waals surface area contributed by atoms with E-state index < -0.39 is 0 Å². The Labute approximate surface area is 167 Å². The topological polar surface area (TPSA) is 75.1 Å². The molecule has 0 aromatic heterocycles. The van der Waals surface area contributed by atoms with Gasteiger partial charge in [0.25, 0.3) is 0 Å². The number of urea groups is 1. The minimum absolute atomic E-state index is 0.0307. The number of piperidine rings is 1. The summed E-state index contributed by atoms with van der Waals surface area (Å²) in [6.07, 6.45) is 5.33. The van der Waals surface area contributed by atoms with Gasteiger partial charge >= 0.3 is 6.03 Å². The van der Waals surface area contributed by atoms with Crippen molar-refractivity contribution in [1.29, 1.82) is 0 Å². The van der Waals surface area contributed by atoms with Gasteiger partial charge < -0.3 is 25.2 Å². The zero-order valence-electron chi connectivity index (χ0n) is 16.8. The van der Waals surface area contributed by atoms with Crippen LogP contribution in [0.1, 0.15) is 39.0 Å². The monoisotopic (exact) mass is 389 g/mol. The first-order valence-corrected chi connectivity index (χ1v) is 10.6. The summed E-state index contributed by atoms with van der Waals surface area (Å²) < 4.78 is 5.44. The van der Waals surface area contributed by atoms with E-state index in [1.807, 2.05) is 31.2 Å². The fourth-order valence-corrected chi connectivity index (χ4v) is 4.02. The quantitative estimate of drug-likeness (QED) is 0.580. The highest BCUT2D eigenvalue weighted by Gasteiger charge is 2.31. The number of hydrogen-bond donors (Lipinski definition) is 3. The summed E-state index contributed by atoms with van der Waals surface area (Å²) >= 11 is 0. The van der Waals surface area contributed by atoms with Crippen molar-refractivity contribution in [3.63, 3.8) is 0 Å². The average Bonchev–Trinajstić information content (AvgIpc) is 3.07. The third kappa shape index (κ3) is 5.86. The highest BCUT2D eigenvalue weighted by molar-refractivity contribution is 5.96. The lowest BCUT2D eigenvalue weighted by Gasteiger charge is -2.23. The Morgan fingerprint density at radius 2 is 1.96 bits per heavy atom. The number of nitrogens with zero attached hydrogens (tertiary/aromatic N) is 1. The number of ether oxygens (including phenoxy) is 1. The van der Waals surface area contributed by atoms with E-state index in [-0.39, 0.29) is 18.0 Å². The van der Waals surface area contributed by atoms with Gasteiger partial charge in [-0.15, -0.1) is 0 Å². The molecule has 2 aliphatic rings. The summed E-state index contributed by atoms with van der Waals surface area (Å²) in [5, 5.41) is 5.87. The van der Waals surface area contributed by atoms with Gasteiger partial charge in [-0.1, -0.05) is 0 Å². The van der Waals surface area contributed by atoms with Crippen LogP contribution in [0.25, 0.3) is 0 Å². The van der Waals surface area contributed by atoms with Crippen LogP contribution >= 0.6 is 0 Å². The predicted octanol–water partition coefficient (Wildman–Crippen LogP) is 0.949. The number of amides is 3. The average molecular weight is 390 g/mol. The van der Waals surface area contributed by atoms with Crippen LogP contribution in [0, 0.1) is 0 Å². The van der Waals surface area contributed by atoms with Crippen LogP contribution in [0.15, 0.2) is 24.3 Å². The molecule has 1 atom stereocenters. The van der Waals surface area contributed by atoms with Crippen molar-refractivity contribution in [3.8, 4) is 5.75 Å².